The SMILES string of the molecule is CCCCN(OS(=O)(=O)ON1C(=O)N2C[C@@H]1CC[C@H]2c1cc(CC2CN(C(=O)OC(C)(C)C)C2)on1)C(CCC)(CCCC)CCCC. The van der Waals surface area contributed by atoms with Gasteiger partial charge in [0.2, 0.25) is 0 Å². The number of hydrogen-bond donors (Lipinski definition) is 0. The zero-order chi connectivity index (χ0) is 35.1. The molecule has 0 N–H and O–H groups in total. The summed E-state index contributed by atoms with van der Waals surface area (Å²) in [6.07, 6.45) is 10.4. The van der Waals surface area contributed by atoms with Gasteiger partial charge in [-0.25, -0.2) is 9.59 Å². The highest BCUT2D eigenvalue weighted by atomic mass is 32.3. The largest absolute Gasteiger partial charge is 0.444 e. The van der Waals surface area contributed by atoms with Gasteiger partial charge in [-0.3, -0.25) is 0 Å². The molecule has 3 amide bonds. The minimum atomic E-state index is -4.59. The van der Waals surface area contributed by atoms with Crippen molar-refractivity contribution in [3.05, 3.63) is 17.5 Å². The molecular weight excluding hydrogens is 638 g/mol. The van der Waals surface area contributed by atoms with E-state index in [4.69, 9.17) is 17.8 Å². The Balaban J connectivity index is 1.39. The molecule has 3 aliphatic heterocycles. The van der Waals surface area contributed by atoms with E-state index in [-0.39, 0.29) is 18.1 Å². The van der Waals surface area contributed by atoms with Crippen LogP contribution in [0.25, 0.3) is 0 Å². The van der Waals surface area contributed by atoms with E-state index < -0.39 is 33.6 Å². The Hall–Kier alpha value is -2.42. The smallest absolute Gasteiger partial charge is 0.437 e. The van der Waals surface area contributed by atoms with Crippen molar-refractivity contribution >= 4 is 22.5 Å². The highest BCUT2D eigenvalue weighted by molar-refractivity contribution is 7.81. The number of unbranched alkanes of at least 4 members (excludes halogenated alkanes) is 3. The van der Waals surface area contributed by atoms with E-state index in [9.17, 15) is 18.0 Å². The van der Waals surface area contributed by atoms with Crippen LogP contribution < -0.4 is 0 Å². The van der Waals surface area contributed by atoms with E-state index in [1.54, 1.807) is 14.9 Å². The summed E-state index contributed by atoms with van der Waals surface area (Å²) in [6, 6.07) is 0.563. The third-order valence-corrected chi connectivity index (χ3v) is 10.3. The molecule has 3 saturated heterocycles. The van der Waals surface area contributed by atoms with Gasteiger partial charge in [0.1, 0.15) is 17.1 Å². The number of hydrogen-bond acceptors (Lipinski definition) is 10. The number of hydroxylamine groups is 4. The Morgan fingerprint density at radius 2 is 1.65 bits per heavy atom. The molecule has 13 nitrogen and oxygen atoms in total. The van der Waals surface area contributed by atoms with Gasteiger partial charge < -0.3 is 19.1 Å². The molecule has 2 bridgehead atoms. The number of ether oxygens (including phenoxy) is 1. The van der Waals surface area contributed by atoms with Crippen molar-refractivity contribution in [2.75, 3.05) is 26.2 Å². The fourth-order valence-corrected chi connectivity index (χ4v) is 8.04. The molecule has 3 aliphatic rings. The molecule has 2 atom stereocenters. The Kier molecular flexibility index (Phi) is 13.2. The summed E-state index contributed by atoms with van der Waals surface area (Å²) < 4.78 is 49.5. The van der Waals surface area contributed by atoms with Gasteiger partial charge >= 0.3 is 22.5 Å². The monoisotopic (exact) mass is 697 g/mol. The van der Waals surface area contributed by atoms with Crippen LogP contribution in [0.2, 0.25) is 0 Å². The molecule has 3 fully saturated rings. The van der Waals surface area contributed by atoms with Gasteiger partial charge in [0.15, 0.2) is 0 Å². The normalized spacial score (nSPS) is 20.6. The first-order valence-corrected chi connectivity index (χ1v) is 19.5. The Morgan fingerprint density at radius 3 is 2.25 bits per heavy atom. The third kappa shape index (κ3) is 9.63. The van der Waals surface area contributed by atoms with Crippen LogP contribution >= 0.6 is 0 Å². The van der Waals surface area contributed by atoms with Crippen LogP contribution in [0, 0.1) is 5.92 Å². The summed E-state index contributed by atoms with van der Waals surface area (Å²) in [5.41, 5.74) is -0.337. The first-order chi connectivity index (χ1) is 22.7. The molecule has 4 heterocycles. The zero-order valence-corrected chi connectivity index (χ0v) is 31.1. The van der Waals surface area contributed by atoms with Gasteiger partial charge in [0.25, 0.3) is 0 Å². The Morgan fingerprint density at radius 1 is 0.979 bits per heavy atom. The molecule has 0 radical (unpaired) electrons. The van der Waals surface area contributed by atoms with Gasteiger partial charge in [0.05, 0.1) is 12.1 Å². The summed E-state index contributed by atoms with van der Waals surface area (Å²) >= 11 is 0. The van der Waals surface area contributed by atoms with Crippen molar-refractivity contribution in [1.82, 2.24) is 25.1 Å². The number of piperidine rings is 1. The number of amides is 3. The Labute approximate surface area is 287 Å². The van der Waals surface area contributed by atoms with Crippen LogP contribution in [0.3, 0.4) is 0 Å². The van der Waals surface area contributed by atoms with Crippen molar-refractivity contribution in [3.63, 3.8) is 0 Å². The lowest BCUT2D eigenvalue weighted by molar-refractivity contribution is -0.172. The van der Waals surface area contributed by atoms with Crippen LogP contribution in [-0.4, -0.2) is 89.0 Å². The van der Waals surface area contributed by atoms with Gasteiger partial charge in [-0.15, -0.1) is 4.28 Å². The number of rotatable bonds is 19. The lowest BCUT2D eigenvalue weighted by Crippen LogP contribution is -2.52. The number of aromatic nitrogens is 1. The summed E-state index contributed by atoms with van der Waals surface area (Å²) in [4.78, 5) is 29.2. The van der Waals surface area contributed by atoms with E-state index in [0.29, 0.717) is 56.9 Å². The van der Waals surface area contributed by atoms with E-state index in [1.807, 2.05) is 26.8 Å². The van der Waals surface area contributed by atoms with Crippen molar-refractivity contribution in [2.45, 2.75) is 155 Å². The maximum atomic E-state index is 13.6. The summed E-state index contributed by atoms with van der Waals surface area (Å²) in [7, 11) is -4.59. The fraction of sp³-hybridized carbons (Fsp3) is 0.853. The second-order valence-corrected chi connectivity index (χ2v) is 16.0. The molecule has 0 unspecified atom stereocenters. The molecule has 0 saturated carbocycles. The van der Waals surface area contributed by atoms with Crippen LogP contribution in [0.1, 0.15) is 143 Å². The first kappa shape index (κ1) is 38.4. The molecule has 0 aromatic carbocycles. The van der Waals surface area contributed by atoms with Crippen molar-refractivity contribution in [3.8, 4) is 0 Å². The average molecular weight is 698 g/mol. The standard InChI is InChI=1S/C34H59N5O8S/c1-8-12-18-34(17-11-4,19-13-9-2)38(20-14-10-3)46-48(42,43)47-39-27-15-16-30(37(25-27)31(39)40)29-22-28(45-35-29)21-26-23-36(24-26)32(41)44-33(5,6)7/h22,26-27,30H,8-21,23-25H2,1-7H3/t27-,30-/m0/s1. The van der Waals surface area contributed by atoms with Gasteiger partial charge in [-0.1, -0.05) is 71.4 Å². The average Bonchev–Trinajstić information content (AvgIpc) is 3.56. The van der Waals surface area contributed by atoms with Crippen LogP contribution in [0.5, 0.6) is 0 Å². The molecule has 274 valence electrons. The molecule has 48 heavy (non-hydrogen) atoms. The van der Waals surface area contributed by atoms with Crippen LogP contribution in [0.4, 0.5) is 9.59 Å². The number of carbonyl (C=O) groups is 2. The predicted molar refractivity (Wildman–Crippen MR) is 181 cm³/mol. The van der Waals surface area contributed by atoms with Crippen molar-refractivity contribution in [2.24, 2.45) is 5.92 Å². The molecule has 0 aliphatic carbocycles. The van der Waals surface area contributed by atoms with Gasteiger partial charge in [-0.05, 0) is 59.3 Å². The lowest BCUT2D eigenvalue weighted by Gasteiger charge is -2.43. The van der Waals surface area contributed by atoms with E-state index in [0.717, 1.165) is 69.3 Å². The minimum absolute atomic E-state index is 0.230. The quantitative estimate of drug-likeness (QED) is 0.137. The van der Waals surface area contributed by atoms with Gasteiger partial charge in [0, 0.05) is 50.1 Å². The number of likely N-dealkylation sites (tertiary alicyclic amines) is 1. The lowest BCUT2D eigenvalue weighted by atomic mass is 9.82. The van der Waals surface area contributed by atoms with Gasteiger partial charge in [-0.2, -0.15) is 22.8 Å². The molecule has 14 heteroatoms. The minimum Gasteiger partial charge on any atom is -0.444 e. The van der Waals surface area contributed by atoms with Crippen molar-refractivity contribution in [1.29, 1.82) is 0 Å². The van der Waals surface area contributed by atoms with E-state index in [1.165, 1.54) is 0 Å². The highest BCUT2D eigenvalue weighted by Gasteiger charge is 2.50. The van der Waals surface area contributed by atoms with Crippen LogP contribution in [-0.2, 0) is 30.1 Å². The van der Waals surface area contributed by atoms with E-state index >= 15 is 0 Å². The maximum Gasteiger partial charge on any atom is 0.437 e. The molecule has 4 rings (SSSR count). The molecule has 1 aromatic rings. The summed E-state index contributed by atoms with van der Waals surface area (Å²) in [6.45, 7) is 16.0. The molecule has 1 aromatic heterocycles. The third-order valence-electron chi connectivity index (χ3n) is 9.64. The zero-order valence-electron chi connectivity index (χ0n) is 30.2. The first-order valence-electron chi connectivity index (χ1n) is 18.2. The second-order valence-electron chi connectivity index (χ2n) is 14.9. The topological polar surface area (TPSA) is 135 Å². The fourth-order valence-electron chi connectivity index (χ4n) is 7.18. The number of fused-ring (bicyclic) bond motifs is 2. The molecular formula is C34H59N5O8S. The highest BCUT2D eigenvalue weighted by Crippen LogP contribution is 2.40. The van der Waals surface area contributed by atoms with Crippen molar-refractivity contribution < 1.29 is 35.8 Å². The summed E-state index contributed by atoms with van der Waals surface area (Å²) in [5.74, 6) is 0.916. The predicted octanol–water partition coefficient (Wildman–Crippen LogP) is 7.15. The summed E-state index contributed by atoms with van der Waals surface area (Å²) in [5, 5.41) is 6.93. The number of carbonyl (C=O) groups excluding carboxylic acids is 2. The van der Waals surface area contributed by atoms with Crippen LogP contribution in [0.15, 0.2) is 10.6 Å². The van der Waals surface area contributed by atoms with E-state index in [2.05, 4.69) is 32.9 Å². The second kappa shape index (κ2) is 16.5. The Bertz CT molecular complexity index is 1300. The molecule has 0 spiro atoms. The number of nitrogens with zero attached hydrogens (tertiary/aromatic N) is 5. The number of urea groups is 1. The maximum absolute atomic E-state index is 13.6.